The van der Waals surface area contributed by atoms with Crippen LogP contribution >= 0.6 is 11.8 Å². The van der Waals surface area contributed by atoms with E-state index in [1.807, 2.05) is 48.7 Å². The zero-order valence-electron chi connectivity index (χ0n) is 18.6. The number of rotatable bonds is 8. The van der Waals surface area contributed by atoms with Gasteiger partial charge in [-0.1, -0.05) is 60.7 Å². The first kappa shape index (κ1) is 23.6. The fourth-order valence-electron chi connectivity index (χ4n) is 3.50. The number of anilines is 2. The van der Waals surface area contributed by atoms with Gasteiger partial charge in [0, 0.05) is 10.5 Å². The summed E-state index contributed by atoms with van der Waals surface area (Å²) >= 11 is 1.56. The predicted octanol–water partition coefficient (Wildman–Crippen LogP) is 6.06. The summed E-state index contributed by atoms with van der Waals surface area (Å²) in [6, 6.07) is 32.0. The minimum absolute atomic E-state index is 0.137. The molecule has 0 saturated carbocycles. The van der Waals surface area contributed by atoms with Gasteiger partial charge in [-0.05, 0) is 60.4 Å². The normalized spacial score (nSPS) is 11.1. The lowest BCUT2D eigenvalue weighted by Crippen LogP contribution is -2.30. The van der Waals surface area contributed by atoms with Gasteiger partial charge >= 0.3 is 0 Å². The lowest BCUT2D eigenvalue weighted by Gasteiger charge is -2.25. The fraction of sp³-hybridized carbons (Fsp3) is 0.0741. The largest absolute Gasteiger partial charge is 0.321 e. The molecule has 0 fully saturated rings. The predicted molar refractivity (Wildman–Crippen MR) is 139 cm³/mol. The van der Waals surface area contributed by atoms with Crippen LogP contribution in [0, 0.1) is 0 Å². The Labute approximate surface area is 204 Å². The Morgan fingerprint density at radius 2 is 1.38 bits per heavy atom. The Morgan fingerprint density at radius 1 is 0.794 bits per heavy atom. The van der Waals surface area contributed by atoms with E-state index in [0.717, 1.165) is 16.1 Å². The van der Waals surface area contributed by atoms with Gasteiger partial charge in [-0.25, -0.2) is 8.42 Å². The van der Waals surface area contributed by atoms with Crippen molar-refractivity contribution in [3.05, 3.63) is 120 Å². The summed E-state index contributed by atoms with van der Waals surface area (Å²) in [6.07, 6.45) is 1.96. The Kier molecular flexibility index (Phi) is 7.35. The van der Waals surface area contributed by atoms with E-state index >= 15 is 0 Å². The van der Waals surface area contributed by atoms with E-state index in [2.05, 4.69) is 5.32 Å². The van der Waals surface area contributed by atoms with Crippen molar-refractivity contribution in [2.45, 2.75) is 16.3 Å². The van der Waals surface area contributed by atoms with Gasteiger partial charge in [0.1, 0.15) is 0 Å². The molecule has 1 N–H and O–H groups in total. The van der Waals surface area contributed by atoms with Crippen LogP contribution in [0.4, 0.5) is 11.4 Å². The van der Waals surface area contributed by atoms with Crippen LogP contribution in [0.1, 0.15) is 15.9 Å². The minimum atomic E-state index is -3.78. The van der Waals surface area contributed by atoms with Crippen LogP contribution in [0.5, 0.6) is 0 Å². The number of carbonyl (C=O) groups is 1. The van der Waals surface area contributed by atoms with Gasteiger partial charge in [0.05, 0.1) is 22.8 Å². The number of nitrogens with zero attached hydrogens (tertiary/aromatic N) is 1. The summed E-state index contributed by atoms with van der Waals surface area (Å²) in [7, 11) is -3.78. The van der Waals surface area contributed by atoms with Crippen LogP contribution in [0.2, 0.25) is 0 Å². The summed E-state index contributed by atoms with van der Waals surface area (Å²) in [4.78, 5) is 14.0. The third kappa shape index (κ3) is 5.32. The minimum Gasteiger partial charge on any atom is -0.321 e. The van der Waals surface area contributed by atoms with Crippen LogP contribution in [0.3, 0.4) is 0 Å². The molecule has 0 atom stereocenters. The number of para-hydroxylation sites is 2. The van der Waals surface area contributed by atoms with Crippen LogP contribution < -0.4 is 9.62 Å². The van der Waals surface area contributed by atoms with Crippen molar-refractivity contribution < 1.29 is 13.2 Å². The van der Waals surface area contributed by atoms with E-state index in [4.69, 9.17) is 0 Å². The van der Waals surface area contributed by atoms with Gasteiger partial charge in [-0.15, -0.1) is 11.8 Å². The van der Waals surface area contributed by atoms with Crippen molar-refractivity contribution in [3.63, 3.8) is 0 Å². The molecule has 0 aliphatic heterocycles. The van der Waals surface area contributed by atoms with E-state index in [9.17, 15) is 13.2 Å². The molecular weight excluding hydrogens is 464 g/mol. The zero-order valence-corrected chi connectivity index (χ0v) is 20.2. The summed E-state index contributed by atoms with van der Waals surface area (Å²) in [5.41, 5.74) is 2.59. The van der Waals surface area contributed by atoms with E-state index in [1.54, 1.807) is 78.5 Å². The van der Waals surface area contributed by atoms with E-state index in [-0.39, 0.29) is 17.3 Å². The first-order valence-corrected chi connectivity index (χ1v) is 13.3. The van der Waals surface area contributed by atoms with Crippen LogP contribution in [-0.2, 0) is 16.6 Å². The molecular formula is C27H24N2O3S2. The van der Waals surface area contributed by atoms with Crippen LogP contribution in [0.25, 0.3) is 0 Å². The molecule has 0 bridgehead atoms. The lowest BCUT2D eigenvalue weighted by atomic mass is 10.1. The topological polar surface area (TPSA) is 66.5 Å². The van der Waals surface area contributed by atoms with E-state index < -0.39 is 10.0 Å². The van der Waals surface area contributed by atoms with E-state index in [1.165, 1.54) is 4.31 Å². The Balaban J connectivity index is 1.58. The second-order valence-electron chi connectivity index (χ2n) is 7.51. The quantitative estimate of drug-likeness (QED) is 0.306. The number of carbonyl (C=O) groups excluding carboxylic acids is 1. The molecule has 0 saturated heterocycles. The second-order valence-corrected chi connectivity index (χ2v) is 10.2. The molecule has 0 heterocycles. The first-order chi connectivity index (χ1) is 16.5. The Morgan fingerprint density at radius 3 is 2.03 bits per heavy atom. The molecule has 4 rings (SSSR count). The van der Waals surface area contributed by atoms with Gasteiger partial charge in [0.2, 0.25) is 0 Å². The first-order valence-electron chi connectivity index (χ1n) is 10.7. The number of thioether (sulfide) groups is 1. The summed E-state index contributed by atoms with van der Waals surface area (Å²) < 4.78 is 28.3. The van der Waals surface area contributed by atoms with Gasteiger partial charge in [-0.2, -0.15) is 0 Å². The summed E-state index contributed by atoms with van der Waals surface area (Å²) in [5, 5.41) is 2.94. The van der Waals surface area contributed by atoms with E-state index in [0.29, 0.717) is 11.3 Å². The van der Waals surface area contributed by atoms with Crippen molar-refractivity contribution in [3.8, 4) is 0 Å². The third-order valence-corrected chi connectivity index (χ3v) is 7.86. The Hall–Kier alpha value is -3.55. The number of sulfonamides is 1. The molecule has 0 aliphatic rings. The van der Waals surface area contributed by atoms with Crippen molar-refractivity contribution in [1.29, 1.82) is 0 Å². The van der Waals surface area contributed by atoms with Crippen molar-refractivity contribution in [1.82, 2.24) is 0 Å². The summed E-state index contributed by atoms with van der Waals surface area (Å²) in [5.74, 6) is -0.218. The fourth-order valence-corrected chi connectivity index (χ4v) is 5.53. The van der Waals surface area contributed by atoms with Crippen molar-refractivity contribution in [2.24, 2.45) is 0 Å². The highest BCUT2D eigenvalue weighted by atomic mass is 32.2. The molecule has 172 valence electrons. The molecule has 7 heteroatoms. The number of hydrogen-bond donors (Lipinski definition) is 1. The molecule has 5 nitrogen and oxygen atoms in total. The number of benzene rings is 4. The smallest absolute Gasteiger partial charge is 0.264 e. The Bertz CT molecular complexity index is 1360. The highest BCUT2D eigenvalue weighted by Gasteiger charge is 2.25. The molecule has 4 aromatic carbocycles. The molecule has 0 spiro atoms. The number of amides is 1. The highest BCUT2D eigenvalue weighted by molar-refractivity contribution is 7.98. The number of hydrogen-bond acceptors (Lipinski definition) is 4. The molecule has 0 aliphatic carbocycles. The summed E-state index contributed by atoms with van der Waals surface area (Å²) in [6.45, 7) is 0.137. The maximum absolute atomic E-state index is 13.4. The average Bonchev–Trinajstić information content (AvgIpc) is 2.89. The molecule has 1 amide bonds. The average molecular weight is 489 g/mol. The SMILES string of the molecule is CSc1ccccc1NC(=O)c1ccc(CN(c2ccccc2)S(=O)(=O)c2ccccc2)cc1. The van der Waals surface area contributed by atoms with Crippen molar-refractivity contribution in [2.75, 3.05) is 15.9 Å². The van der Waals surface area contributed by atoms with Gasteiger partial charge < -0.3 is 5.32 Å². The second kappa shape index (κ2) is 10.6. The van der Waals surface area contributed by atoms with Gasteiger partial charge in [-0.3, -0.25) is 9.10 Å². The van der Waals surface area contributed by atoms with Crippen LogP contribution in [0.15, 0.2) is 119 Å². The molecule has 0 unspecified atom stereocenters. The molecule has 0 aromatic heterocycles. The van der Waals surface area contributed by atoms with Gasteiger partial charge in [0.15, 0.2) is 0 Å². The number of nitrogens with one attached hydrogen (secondary N) is 1. The molecule has 4 aromatic rings. The zero-order chi connectivity index (χ0) is 24.0. The van der Waals surface area contributed by atoms with Crippen LogP contribution in [-0.4, -0.2) is 20.6 Å². The molecule has 34 heavy (non-hydrogen) atoms. The lowest BCUT2D eigenvalue weighted by molar-refractivity contribution is 0.102. The third-order valence-electron chi connectivity index (χ3n) is 5.27. The standard InChI is InChI=1S/C27H24N2O3S2/c1-33-26-15-9-8-14-25(26)28-27(30)22-18-16-21(17-19-22)20-29(23-10-4-2-5-11-23)34(31,32)24-12-6-3-7-13-24/h2-19H,20H2,1H3,(H,28,30). The van der Waals surface area contributed by atoms with Gasteiger partial charge in [0.25, 0.3) is 15.9 Å². The van der Waals surface area contributed by atoms with Crippen molar-refractivity contribution >= 4 is 39.1 Å². The molecule has 0 radical (unpaired) electrons. The monoisotopic (exact) mass is 488 g/mol. The maximum atomic E-state index is 13.4. The maximum Gasteiger partial charge on any atom is 0.264 e. The highest BCUT2D eigenvalue weighted by Crippen LogP contribution is 2.27.